The predicted octanol–water partition coefficient (Wildman–Crippen LogP) is -3.56. The molecule has 0 aliphatic rings. The third-order valence-corrected chi connectivity index (χ3v) is 0.524. The molecule has 0 saturated heterocycles. The first-order valence-corrected chi connectivity index (χ1v) is 5.66. The molecule has 11 N–H and O–H groups in total. The van der Waals surface area contributed by atoms with E-state index in [4.69, 9.17) is 32.8 Å². The van der Waals surface area contributed by atoms with Gasteiger partial charge >= 0.3 is 28.3 Å². The number of carboxylic acid groups (broad SMARTS) is 3. The first kappa shape index (κ1) is 32.3. The Morgan fingerprint density at radius 1 is 0.714 bits per heavy atom. The van der Waals surface area contributed by atoms with Crippen LogP contribution in [-0.2, 0) is 24.8 Å². The average molecular weight is 462 g/mol. The molecular formula is C6H17LaN3O10S. The molecule has 0 unspecified atom stereocenters. The molecule has 21 heavy (non-hydrogen) atoms. The van der Waals surface area contributed by atoms with E-state index in [0.29, 0.717) is 0 Å². The van der Waals surface area contributed by atoms with Gasteiger partial charge in [0.05, 0.1) is 19.6 Å². The van der Waals surface area contributed by atoms with Gasteiger partial charge < -0.3 is 32.5 Å². The maximum atomic E-state index is 9.24. The molecule has 0 rings (SSSR count). The molecule has 0 amide bonds. The molecular weight excluding hydrogens is 445 g/mol. The van der Waals surface area contributed by atoms with Crippen LogP contribution in [-0.4, -0.2) is 70.4 Å². The van der Waals surface area contributed by atoms with Gasteiger partial charge in [0.2, 0.25) is 0 Å². The Labute approximate surface area is 147 Å². The standard InChI is InChI=1S/3C2H5NO2.La.H2O4S/c3*3-1-2(4)5;;1-5(2,3)4/h3*1,3H2,(H,4,5);;(H2,1,2,3,4). The molecule has 0 heterocycles. The van der Waals surface area contributed by atoms with Crippen LogP contribution in [0.3, 0.4) is 0 Å². The molecule has 125 valence electrons. The van der Waals surface area contributed by atoms with Gasteiger partial charge in [-0.15, -0.1) is 0 Å². The van der Waals surface area contributed by atoms with E-state index in [2.05, 4.69) is 17.2 Å². The fourth-order valence-electron chi connectivity index (χ4n) is 0. The van der Waals surface area contributed by atoms with Crippen molar-refractivity contribution < 1.29 is 82.8 Å². The van der Waals surface area contributed by atoms with Gasteiger partial charge in [0.25, 0.3) is 0 Å². The van der Waals surface area contributed by atoms with Gasteiger partial charge in [0.1, 0.15) is 0 Å². The summed E-state index contributed by atoms with van der Waals surface area (Å²) in [5.74, 6) is -2.90. The molecule has 0 fully saturated rings. The molecule has 0 spiro atoms. The molecule has 1 radical (unpaired) electrons. The van der Waals surface area contributed by atoms with Crippen molar-refractivity contribution in [2.75, 3.05) is 19.6 Å². The Morgan fingerprint density at radius 2 is 0.762 bits per heavy atom. The van der Waals surface area contributed by atoms with E-state index >= 15 is 0 Å². The summed E-state index contributed by atoms with van der Waals surface area (Å²) in [6.07, 6.45) is 0. The van der Waals surface area contributed by atoms with Crippen molar-refractivity contribution >= 4 is 28.3 Å². The number of carboxylic acids is 3. The van der Waals surface area contributed by atoms with Gasteiger partial charge in [-0.05, 0) is 0 Å². The van der Waals surface area contributed by atoms with Crippen LogP contribution in [0.25, 0.3) is 0 Å². The Balaban J connectivity index is -0.0000000533. The summed E-state index contributed by atoms with van der Waals surface area (Å²) < 4.78 is 31.6. The zero-order valence-corrected chi connectivity index (χ0v) is 15.1. The van der Waals surface area contributed by atoms with Crippen LogP contribution in [0, 0.1) is 35.6 Å². The number of hydrogen-bond acceptors (Lipinski definition) is 8. The van der Waals surface area contributed by atoms with E-state index in [1.54, 1.807) is 0 Å². The topological polar surface area (TPSA) is 265 Å². The van der Waals surface area contributed by atoms with Crippen LogP contribution in [0.15, 0.2) is 0 Å². The van der Waals surface area contributed by atoms with E-state index in [1.807, 2.05) is 0 Å². The fraction of sp³-hybridized carbons (Fsp3) is 0.500. The zero-order valence-electron chi connectivity index (χ0n) is 10.6. The second-order valence-corrected chi connectivity index (χ2v) is 3.14. The van der Waals surface area contributed by atoms with Crippen LogP contribution in [0.1, 0.15) is 0 Å². The third kappa shape index (κ3) is 203. The quantitative estimate of drug-likeness (QED) is 0.189. The Morgan fingerprint density at radius 3 is 0.762 bits per heavy atom. The van der Waals surface area contributed by atoms with Crippen molar-refractivity contribution in [1.82, 2.24) is 0 Å². The third-order valence-electron chi connectivity index (χ3n) is 0.524. The van der Waals surface area contributed by atoms with Gasteiger partial charge in [0.15, 0.2) is 0 Å². The van der Waals surface area contributed by atoms with Gasteiger partial charge in [-0.25, -0.2) is 0 Å². The second-order valence-electron chi connectivity index (χ2n) is 2.24. The molecule has 0 atom stereocenters. The molecule has 0 aromatic carbocycles. The molecule has 0 bridgehead atoms. The van der Waals surface area contributed by atoms with E-state index in [-0.39, 0.29) is 55.2 Å². The number of carbonyl (C=O) groups is 3. The summed E-state index contributed by atoms with van der Waals surface area (Å²) in [7, 11) is -4.67. The van der Waals surface area contributed by atoms with Crippen LogP contribution in [0.2, 0.25) is 0 Å². The van der Waals surface area contributed by atoms with Crippen LogP contribution >= 0.6 is 0 Å². The molecule has 0 aliphatic heterocycles. The molecule has 13 nitrogen and oxygen atoms in total. The minimum Gasteiger partial charge on any atom is -0.480 e. The largest absolute Gasteiger partial charge is 0.480 e. The molecule has 0 aromatic rings. The van der Waals surface area contributed by atoms with Crippen molar-refractivity contribution in [3.8, 4) is 0 Å². The Bertz CT molecular complexity index is 332. The van der Waals surface area contributed by atoms with Crippen molar-refractivity contribution in [3.63, 3.8) is 0 Å². The van der Waals surface area contributed by atoms with Gasteiger partial charge in [-0.1, -0.05) is 0 Å². The fourth-order valence-corrected chi connectivity index (χ4v) is 0. The van der Waals surface area contributed by atoms with Crippen LogP contribution in [0.4, 0.5) is 0 Å². The Kier molecular flexibility index (Phi) is 33.3. The predicted molar refractivity (Wildman–Crippen MR) is 64.2 cm³/mol. The smallest absolute Gasteiger partial charge is 0.394 e. The molecule has 15 heteroatoms. The maximum Gasteiger partial charge on any atom is 0.394 e. The van der Waals surface area contributed by atoms with E-state index in [0.717, 1.165) is 0 Å². The monoisotopic (exact) mass is 462 g/mol. The molecule has 0 aromatic heterocycles. The van der Waals surface area contributed by atoms with E-state index in [1.165, 1.54) is 0 Å². The first-order chi connectivity index (χ1) is 8.81. The normalized spacial score (nSPS) is 8.05. The van der Waals surface area contributed by atoms with E-state index < -0.39 is 28.3 Å². The number of aliphatic carboxylic acids is 3. The number of rotatable bonds is 3. The maximum absolute atomic E-state index is 9.24. The average Bonchev–Trinajstić information content (AvgIpc) is 2.28. The van der Waals surface area contributed by atoms with E-state index in [9.17, 15) is 14.4 Å². The van der Waals surface area contributed by atoms with Crippen molar-refractivity contribution in [2.45, 2.75) is 0 Å². The van der Waals surface area contributed by atoms with Crippen molar-refractivity contribution in [3.05, 3.63) is 0 Å². The summed E-state index contributed by atoms with van der Waals surface area (Å²) in [6.45, 7) is -0.833. The van der Waals surface area contributed by atoms with Crippen LogP contribution < -0.4 is 17.2 Å². The summed E-state index contributed by atoms with van der Waals surface area (Å²) in [5.41, 5.74) is 13.7. The summed E-state index contributed by atoms with van der Waals surface area (Å²) in [5, 5.41) is 22.8. The minimum atomic E-state index is -4.67. The SMILES string of the molecule is NCC(=O)O.NCC(=O)O.NCC(=O)O.O=S(=O)(O)O.[La]. The second kappa shape index (κ2) is 21.6. The summed E-state index contributed by atoms with van der Waals surface area (Å²) >= 11 is 0. The van der Waals surface area contributed by atoms with Gasteiger partial charge in [0, 0.05) is 35.6 Å². The number of hydrogen-bond donors (Lipinski definition) is 8. The van der Waals surface area contributed by atoms with Crippen LogP contribution in [0.5, 0.6) is 0 Å². The zero-order chi connectivity index (χ0) is 17.4. The van der Waals surface area contributed by atoms with Gasteiger partial charge in [-0.3, -0.25) is 23.5 Å². The minimum absolute atomic E-state index is 0. The van der Waals surface area contributed by atoms with Crippen molar-refractivity contribution in [1.29, 1.82) is 0 Å². The number of nitrogens with two attached hydrogens (primary N) is 3. The molecule has 0 aliphatic carbocycles. The van der Waals surface area contributed by atoms with Gasteiger partial charge in [-0.2, -0.15) is 8.42 Å². The molecule has 0 saturated carbocycles. The summed E-state index contributed by atoms with van der Waals surface area (Å²) in [6, 6.07) is 0. The van der Waals surface area contributed by atoms with Crippen molar-refractivity contribution in [2.24, 2.45) is 17.2 Å². The summed E-state index contributed by atoms with van der Waals surface area (Å²) in [4.78, 5) is 27.7. The first-order valence-electron chi connectivity index (χ1n) is 4.27. The Hall–Kier alpha value is -0.645.